The van der Waals surface area contributed by atoms with Crippen molar-refractivity contribution >= 4 is 0 Å². The van der Waals surface area contributed by atoms with Crippen LogP contribution < -0.4 is 17.0 Å². The summed E-state index contributed by atoms with van der Waals surface area (Å²) in [7, 11) is 0. The van der Waals surface area contributed by atoms with Crippen LogP contribution in [0.5, 0.6) is 0 Å². The highest BCUT2D eigenvalue weighted by Gasteiger charge is 2.37. The Morgan fingerprint density at radius 2 is 1.02 bits per heavy atom. The van der Waals surface area contributed by atoms with Crippen LogP contribution in [0, 0.1) is 6.92 Å². The fourth-order valence-corrected chi connectivity index (χ4v) is 5.72. The average Bonchev–Trinajstić information content (AvgIpc) is 3.52. The molecule has 258 valence electrons. The number of halogens is 1. The smallest absolute Gasteiger partial charge is 0.177 e. The lowest BCUT2D eigenvalue weighted by Gasteiger charge is -2.33. The normalized spacial score (nSPS) is 12.9. The molecular formula is C43H44ClNO5. The van der Waals surface area contributed by atoms with Gasteiger partial charge in [-0.1, -0.05) is 127 Å². The monoisotopic (exact) mass is 689 g/mol. The minimum Gasteiger partial charge on any atom is -1.00 e. The van der Waals surface area contributed by atoms with E-state index in [0.717, 1.165) is 33.6 Å². The van der Waals surface area contributed by atoms with Crippen LogP contribution in [0.25, 0.3) is 0 Å². The Morgan fingerprint density at radius 1 is 0.560 bits per heavy atom. The molecule has 2 aromatic heterocycles. The van der Waals surface area contributed by atoms with Gasteiger partial charge in [0, 0.05) is 12.1 Å². The van der Waals surface area contributed by atoms with Crippen LogP contribution in [0.15, 0.2) is 162 Å². The van der Waals surface area contributed by atoms with Crippen LogP contribution in [0.3, 0.4) is 0 Å². The summed E-state index contributed by atoms with van der Waals surface area (Å²) in [5.74, 6) is 1.53. The fraction of sp³-hybridized carbons (Fsp3) is 0.233. The first-order valence-electron chi connectivity index (χ1n) is 16.8. The molecule has 6 rings (SSSR count). The molecule has 0 aliphatic carbocycles. The highest BCUT2D eigenvalue weighted by atomic mass is 35.5. The first-order chi connectivity index (χ1) is 24.2. The third-order valence-electron chi connectivity index (χ3n) is 8.37. The van der Waals surface area contributed by atoms with E-state index >= 15 is 0 Å². The summed E-state index contributed by atoms with van der Waals surface area (Å²) in [6.07, 6.45) is 2.44. The zero-order chi connectivity index (χ0) is 33.5. The highest BCUT2D eigenvalue weighted by molar-refractivity contribution is 5.23. The van der Waals surface area contributed by atoms with Crippen molar-refractivity contribution in [2.75, 3.05) is 6.61 Å². The summed E-state index contributed by atoms with van der Waals surface area (Å²) in [5.41, 5.74) is 5.34. The molecule has 0 fully saturated rings. The Balaban J connectivity index is 0.00000486. The SMILES string of the molecule is Cc1oc([C@@H](OCc2ccccc2)[C@H](OCc2ccccc2)[C@@H](COCc2ccccc2)OCc2ccccc2)cc1C[n+]1ccccc1.[Cl-]. The molecule has 6 aromatic rings. The second kappa shape index (κ2) is 19.6. The van der Waals surface area contributed by atoms with Gasteiger partial charge >= 0.3 is 0 Å². The predicted octanol–water partition coefficient (Wildman–Crippen LogP) is 5.57. The lowest BCUT2D eigenvalue weighted by atomic mass is 10.0. The van der Waals surface area contributed by atoms with Gasteiger partial charge in [0.15, 0.2) is 18.9 Å². The maximum atomic E-state index is 6.86. The van der Waals surface area contributed by atoms with Gasteiger partial charge in [-0.3, -0.25) is 0 Å². The quantitative estimate of drug-likeness (QED) is 0.111. The maximum Gasteiger partial charge on any atom is 0.177 e. The number of rotatable bonds is 18. The molecule has 0 aliphatic rings. The van der Waals surface area contributed by atoms with Gasteiger partial charge in [0.05, 0.1) is 38.6 Å². The Bertz CT molecular complexity index is 1790. The summed E-state index contributed by atoms with van der Waals surface area (Å²) in [4.78, 5) is 0. The van der Waals surface area contributed by atoms with Crippen LogP contribution in [0.2, 0.25) is 0 Å². The van der Waals surface area contributed by atoms with Gasteiger partial charge in [0.2, 0.25) is 0 Å². The third kappa shape index (κ3) is 11.0. The van der Waals surface area contributed by atoms with E-state index in [2.05, 4.69) is 71.6 Å². The molecule has 0 unspecified atom stereocenters. The van der Waals surface area contributed by atoms with E-state index in [0.29, 0.717) is 45.3 Å². The van der Waals surface area contributed by atoms with Crippen molar-refractivity contribution in [2.45, 2.75) is 58.2 Å². The van der Waals surface area contributed by atoms with Gasteiger partial charge in [0.25, 0.3) is 0 Å². The molecule has 0 amide bonds. The van der Waals surface area contributed by atoms with Crippen LogP contribution in [-0.2, 0) is 51.9 Å². The molecule has 0 N–H and O–H groups in total. The van der Waals surface area contributed by atoms with Gasteiger partial charge in [-0.2, -0.15) is 0 Å². The van der Waals surface area contributed by atoms with E-state index < -0.39 is 18.3 Å². The number of furan rings is 1. The van der Waals surface area contributed by atoms with Crippen molar-refractivity contribution in [3.8, 4) is 0 Å². The average molecular weight is 690 g/mol. The molecule has 0 radical (unpaired) electrons. The second-order valence-electron chi connectivity index (χ2n) is 12.1. The first kappa shape index (κ1) is 36.7. The molecule has 0 bridgehead atoms. The Morgan fingerprint density at radius 3 is 1.56 bits per heavy atom. The minimum atomic E-state index is -0.599. The van der Waals surface area contributed by atoms with Gasteiger partial charge in [-0.15, -0.1) is 0 Å². The number of hydrogen-bond acceptors (Lipinski definition) is 5. The van der Waals surface area contributed by atoms with E-state index in [4.69, 9.17) is 23.4 Å². The lowest BCUT2D eigenvalue weighted by Crippen LogP contribution is -3.00. The van der Waals surface area contributed by atoms with Crippen molar-refractivity contribution in [2.24, 2.45) is 0 Å². The number of pyridine rings is 1. The van der Waals surface area contributed by atoms with Crippen LogP contribution in [0.1, 0.15) is 45.4 Å². The fourth-order valence-electron chi connectivity index (χ4n) is 5.72. The van der Waals surface area contributed by atoms with Gasteiger partial charge in [-0.25, -0.2) is 4.57 Å². The number of benzene rings is 4. The molecular weight excluding hydrogens is 646 g/mol. The van der Waals surface area contributed by atoms with Crippen molar-refractivity contribution in [3.05, 3.63) is 197 Å². The first-order valence-corrected chi connectivity index (χ1v) is 16.8. The zero-order valence-electron chi connectivity index (χ0n) is 28.4. The largest absolute Gasteiger partial charge is 1.00 e. The molecule has 0 saturated heterocycles. The van der Waals surface area contributed by atoms with Crippen molar-refractivity contribution in [1.29, 1.82) is 0 Å². The summed E-state index contributed by atoms with van der Waals surface area (Å²) >= 11 is 0. The zero-order valence-corrected chi connectivity index (χ0v) is 29.1. The molecule has 50 heavy (non-hydrogen) atoms. The standard InChI is InChI=1S/C43H44NO5.ClH/c1-34-39(28-44-25-15-6-16-26-44)27-40(49-34)42(47-31-37-21-11-4-12-22-37)43(48-32-38-23-13-5-14-24-38)41(46-30-36-19-9-3-10-20-36)33-45-29-35-17-7-2-8-18-35;/h2-27,41-43H,28-33H2,1H3;1H/q+1;/p-1/t41-,42-,43-;/m1./s1. The van der Waals surface area contributed by atoms with Crippen molar-refractivity contribution in [1.82, 2.24) is 0 Å². The minimum absolute atomic E-state index is 0. The summed E-state index contributed by atoms with van der Waals surface area (Å²) in [5, 5.41) is 0. The van der Waals surface area contributed by atoms with Crippen LogP contribution in [0.4, 0.5) is 0 Å². The molecule has 4 aromatic carbocycles. The number of aromatic nitrogens is 1. The number of hydrogen-bond donors (Lipinski definition) is 0. The maximum absolute atomic E-state index is 6.86. The molecule has 0 spiro atoms. The molecule has 3 atom stereocenters. The van der Waals surface area contributed by atoms with E-state index in [-0.39, 0.29) is 12.4 Å². The predicted molar refractivity (Wildman–Crippen MR) is 189 cm³/mol. The molecule has 2 heterocycles. The Hall–Kier alpha value is -4.56. The van der Waals surface area contributed by atoms with Crippen molar-refractivity contribution in [3.63, 3.8) is 0 Å². The van der Waals surface area contributed by atoms with Crippen LogP contribution >= 0.6 is 0 Å². The highest BCUT2D eigenvalue weighted by Crippen LogP contribution is 2.33. The summed E-state index contributed by atoms with van der Waals surface area (Å²) in [6.45, 7) is 4.55. The van der Waals surface area contributed by atoms with E-state index in [1.165, 1.54) is 0 Å². The van der Waals surface area contributed by atoms with E-state index in [9.17, 15) is 0 Å². The molecule has 0 aliphatic heterocycles. The number of aryl methyl sites for hydroxylation is 1. The molecule has 0 saturated carbocycles. The third-order valence-corrected chi connectivity index (χ3v) is 8.37. The Labute approximate surface area is 301 Å². The lowest BCUT2D eigenvalue weighted by molar-refractivity contribution is -0.688. The van der Waals surface area contributed by atoms with E-state index in [1.807, 2.05) is 97.9 Å². The number of ether oxygens (including phenoxy) is 4. The molecule has 6 nitrogen and oxygen atoms in total. The van der Waals surface area contributed by atoms with Gasteiger partial charge in [0.1, 0.15) is 29.8 Å². The van der Waals surface area contributed by atoms with Gasteiger partial charge < -0.3 is 35.8 Å². The van der Waals surface area contributed by atoms with E-state index in [1.54, 1.807) is 0 Å². The van der Waals surface area contributed by atoms with Crippen molar-refractivity contribution < 1.29 is 40.3 Å². The van der Waals surface area contributed by atoms with Crippen LogP contribution in [-0.4, -0.2) is 18.8 Å². The Kier molecular flexibility index (Phi) is 14.4. The topological polar surface area (TPSA) is 53.9 Å². The van der Waals surface area contributed by atoms with Gasteiger partial charge in [-0.05, 0) is 35.2 Å². The molecule has 7 heteroatoms. The summed E-state index contributed by atoms with van der Waals surface area (Å²) in [6, 6.07) is 48.9. The number of nitrogens with zero attached hydrogens (tertiary/aromatic N) is 1. The summed E-state index contributed by atoms with van der Waals surface area (Å²) < 4.78 is 35.4. The second-order valence-corrected chi connectivity index (χ2v) is 12.1.